The third-order valence-corrected chi connectivity index (χ3v) is 4.89. The molecule has 2 aliphatic heterocycles. The molecule has 0 radical (unpaired) electrons. The lowest BCUT2D eigenvalue weighted by Crippen LogP contribution is -2.37. The van der Waals surface area contributed by atoms with E-state index in [1.807, 2.05) is 37.3 Å². The maximum absolute atomic E-state index is 11.6. The summed E-state index contributed by atoms with van der Waals surface area (Å²) in [6, 6.07) is 10.1. The van der Waals surface area contributed by atoms with Gasteiger partial charge < -0.3 is 24.0 Å². The fourth-order valence-electron chi connectivity index (χ4n) is 3.28. The van der Waals surface area contributed by atoms with E-state index in [1.165, 1.54) is 0 Å². The second-order valence-corrected chi connectivity index (χ2v) is 7.22. The number of benzene rings is 1. The highest BCUT2D eigenvalue weighted by molar-refractivity contribution is 5.79. The molecule has 1 aromatic heterocycles. The number of hydrogen-bond acceptors (Lipinski definition) is 9. The molecule has 10 nitrogen and oxygen atoms in total. The lowest BCUT2D eigenvalue weighted by molar-refractivity contribution is 0.122. The summed E-state index contributed by atoms with van der Waals surface area (Å²) in [5.41, 5.74) is 5.68. The van der Waals surface area contributed by atoms with Crippen LogP contribution in [0.3, 0.4) is 0 Å². The molecule has 2 aliphatic rings. The SMILES string of the molecule is Cc1cccc(NN=Cc2cc(N3CCOCC3)nc(OCCN3CCOC3=O)n2)c1. The Morgan fingerprint density at radius 2 is 2.06 bits per heavy atom. The van der Waals surface area contributed by atoms with Crippen LogP contribution in [-0.4, -0.2) is 79.8 Å². The standard InChI is InChI=1S/C21H26N6O4/c1-16-3-2-4-17(13-16)25-22-15-18-14-19(26-5-9-29-10-6-26)24-20(23-18)30-11-7-27-8-12-31-21(27)28/h2-4,13-15,25H,5-12H2,1H3. The molecule has 164 valence electrons. The summed E-state index contributed by atoms with van der Waals surface area (Å²) in [6.07, 6.45) is 1.32. The molecule has 0 saturated carbocycles. The van der Waals surface area contributed by atoms with Gasteiger partial charge in [-0.1, -0.05) is 12.1 Å². The Kier molecular flexibility index (Phi) is 6.78. The minimum atomic E-state index is -0.318. The second-order valence-electron chi connectivity index (χ2n) is 7.22. The molecule has 0 aliphatic carbocycles. The van der Waals surface area contributed by atoms with E-state index in [1.54, 1.807) is 11.1 Å². The highest BCUT2D eigenvalue weighted by atomic mass is 16.6. The lowest BCUT2D eigenvalue weighted by Gasteiger charge is -2.28. The number of carbonyl (C=O) groups excluding carboxylic acids is 1. The average Bonchev–Trinajstić information content (AvgIpc) is 3.19. The first kappa shape index (κ1) is 20.9. The summed E-state index contributed by atoms with van der Waals surface area (Å²) in [5.74, 6) is 0.755. The van der Waals surface area contributed by atoms with Crippen LogP contribution >= 0.6 is 0 Å². The number of nitrogens with zero attached hydrogens (tertiary/aromatic N) is 5. The smallest absolute Gasteiger partial charge is 0.410 e. The van der Waals surface area contributed by atoms with Gasteiger partial charge in [0, 0.05) is 19.2 Å². The number of anilines is 2. The van der Waals surface area contributed by atoms with Crippen LogP contribution in [0.2, 0.25) is 0 Å². The zero-order chi connectivity index (χ0) is 21.5. The van der Waals surface area contributed by atoms with E-state index in [4.69, 9.17) is 14.2 Å². The van der Waals surface area contributed by atoms with E-state index in [0.717, 1.165) is 30.2 Å². The Morgan fingerprint density at radius 3 is 2.84 bits per heavy atom. The van der Waals surface area contributed by atoms with Crippen molar-refractivity contribution >= 4 is 23.8 Å². The highest BCUT2D eigenvalue weighted by Gasteiger charge is 2.21. The van der Waals surface area contributed by atoms with Gasteiger partial charge in [-0.05, 0) is 24.6 Å². The zero-order valence-corrected chi connectivity index (χ0v) is 17.5. The minimum absolute atomic E-state index is 0.244. The number of hydrogen-bond donors (Lipinski definition) is 1. The van der Waals surface area contributed by atoms with Gasteiger partial charge in [-0.3, -0.25) is 5.43 Å². The van der Waals surface area contributed by atoms with Crippen molar-refractivity contribution in [2.45, 2.75) is 6.92 Å². The number of amides is 1. The van der Waals surface area contributed by atoms with Gasteiger partial charge in [0.15, 0.2) is 0 Å². The predicted octanol–water partition coefficient (Wildman–Crippen LogP) is 1.90. The van der Waals surface area contributed by atoms with Crippen molar-refractivity contribution in [1.29, 1.82) is 0 Å². The van der Waals surface area contributed by atoms with E-state index in [0.29, 0.717) is 38.6 Å². The van der Waals surface area contributed by atoms with Crippen molar-refractivity contribution in [3.63, 3.8) is 0 Å². The number of ether oxygens (including phenoxy) is 3. The van der Waals surface area contributed by atoms with Crippen molar-refractivity contribution in [3.05, 3.63) is 41.6 Å². The summed E-state index contributed by atoms with van der Waals surface area (Å²) in [6.45, 7) is 6.49. The average molecular weight is 426 g/mol. The van der Waals surface area contributed by atoms with Crippen molar-refractivity contribution in [2.24, 2.45) is 5.10 Å². The Balaban J connectivity index is 1.45. The van der Waals surface area contributed by atoms with Gasteiger partial charge in [-0.2, -0.15) is 15.1 Å². The van der Waals surface area contributed by atoms with E-state index >= 15 is 0 Å². The van der Waals surface area contributed by atoms with Gasteiger partial charge in [0.05, 0.1) is 43.9 Å². The molecule has 3 heterocycles. The Hall–Kier alpha value is -3.40. The van der Waals surface area contributed by atoms with Gasteiger partial charge in [-0.25, -0.2) is 4.79 Å². The first-order valence-corrected chi connectivity index (χ1v) is 10.3. The molecule has 0 unspecified atom stereocenters. The quantitative estimate of drug-likeness (QED) is 0.505. The Morgan fingerprint density at radius 1 is 1.19 bits per heavy atom. The van der Waals surface area contributed by atoms with Gasteiger partial charge in [-0.15, -0.1) is 0 Å². The fourth-order valence-corrected chi connectivity index (χ4v) is 3.28. The van der Waals surface area contributed by atoms with E-state index in [9.17, 15) is 4.79 Å². The molecular weight excluding hydrogens is 400 g/mol. The van der Waals surface area contributed by atoms with E-state index in [2.05, 4.69) is 25.4 Å². The second kappa shape index (κ2) is 10.1. The predicted molar refractivity (Wildman–Crippen MR) is 116 cm³/mol. The first-order chi connectivity index (χ1) is 15.2. The number of hydrazone groups is 1. The summed E-state index contributed by atoms with van der Waals surface area (Å²) in [5, 5.41) is 4.30. The fraction of sp³-hybridized carbons (Fsp3) is 0.429. The van der Waals surface area contributed by atoms with Gasteiger partial charge in [0.25, 0.3) is 0 Å². The van der Waals surface area contributed by atoms with E-state index < -0.39 is 0 Å². The van der Waals surface area contributed by atoms with Crippen molar-refractivity contribution in [1.82, 2.24) is 14.9 Å². The number of aryl methyl sites for hydroxylation is 1. The summed E-state index contributed by atoms with van der Waals surface area (Å²) in [4.78, 5) is 24.3. The van der Waals surface area contributed by atoms with Crippen LogP contribution in [-0.2, 0) is 9.47 Å². The minimum Gasteiger partial charge on any atom is -0.462 e. The van der Waals surface area contributed by atoms with Crippen LogP contribution in [0.5, 0.6) is 6.01 Å². The van der Waals surface area contributed by atoms with Gasteiger partial charge >= 0.3 is 12.1 Å². The Bertz CT molecular complexity index is 932. The van der Waals surface area contributed by atoms with E-state index in [-0.39, 0.29) is 18.7 Å². The number of rotatable bonds is 8. The maximum Gasteiger partial charge on any atom is 0.410 e. The molecule has 4 rings (SSSR count). The third kappa shape index (κ3) is 5.82. The zero-order valence-electron chi connectivity index (χ0n) is 17.5. The van der Waals surface area contributed by atoms with Crippen LogP contribution in [0, 0.1) is 6.92 Å². The highest BCUT2D eigenvalue weighted by Crippen LogP contribution is 2.18. The van der Waals surface area contributed by atoms with Crippen LogP contribution in [0.4, 0.5) is 16.3 Å². The molecule has 2 saturated heterocycles. The van der Waals surface area contributed by atoms with Crippen LogP contribution in [0.25, 0.3) is 0 Å². The van der Waals surface area contributed by atoms with Crippen LogP contribution in [0.1, 0.15) is 11.3 Å². The van der Waals surface area contributed by atoms with Crippen molar-refractivity contribution in [2.75, 3.05) is 62.9 Å². The Labute approximate surface area is 180 Å². The first-order valence-electron chi connectivity index (χ1n) is 10.3. The number of aromatic nitrogens is 2. The maximum atomic E-state index is 11.6. The van der Waals surface area contributed by atoms with Crippen molar-refractivity contribution in [3.8, 4) is 6.01 Å². The monoisotopic (exact) mass is 426 g/mol. The van der Waals surface area contributed by atoms with Gasteiger partial charge in [0.2, 0.25) is 0 Å². The molecule has 10 heteroatoms. The molecule has 0 bridgehead atoms. The number of cyclic esters (lactones) is 1. The molecule has 2 aromatic rings. The topological polar surface area (TPSA) is 101 Å². The number of nitrogens with one attached hydrogen (secondary N) is 1. The van der Waals surface area contributed by atoms with Crippen molar-refractivity contribution < 1.29 is 19.0 Å². The molecule has 0 atom stereocenters. The van der Waals surface area contributed by atoms with Gasteiger partial charge in [0.1, 0.15) is 19.0 Å². The molecule has 1 amide bonds. The number of carbonyl (C=O) groups is 1. The molecular formula is C21H26N6O4. The normalized spacial score (nSPS) is 16.6. The molecule has 31 heavy (non-hydrogen) atoms. The molecule has 0 spiro atoms. The third-order valence-electron chi connectivity index (χ3n) is 4.89. The largest absolute Gasteiger partial charge is 0.462 e. The summed E-state index contributed by atoms with van der Waals surface area (Å²) >= 11 is 0. The molecule has 1 N–H and O–H groups in total. The lowest BCUT2D eigenvalue weighted by atomic mass is 10.2. The summed E-state index contributed by atoms with van der Waals surface area (Å²) < 4.78 is 16.1. The summed E-state index contributed by atoms with van der Waals surface area (Å²) in [7, 11) is 0. The van der Waals surface area contributed by atoms with Crippen LogP contribution < -0.4 is 15.1 Å². The number of morpholine rings is 1. The molecule has 2 fully saturated rings. The van der Waals surface area contributed by atoms with Crippen LogP contribution in [0.15, 0.2) is 35.4 Å². The molecule has 1 aromatic carbocycles.